The molecule has 0 saturated carbocycles. The normalized spacial score (nSPS) is 13.9. The monoisotopic (exact) mass is 780 g/mol. The van der Waals surface area contributed by atoms with Gasteiger partial charge >= 0.3 is 11.9 Å². The Morgan fingerprint density at radius 1 is 0.554 bits per heavy atom. The van der Waals surface area contributed by atoms with Crippen molar-refractivity contribution in [1.82, 2.24) is 0 Å². The number of aliphatic carboxylic acids is 1. The predicted molar refractivity (Wildman–Crippen MR) is 231 cm³/mol. The maximum absolute atomic E-state index is 12.7. The summed E-state index contributed by atoms with van der Waals surface area (Å²) in [6.07, 6.45) is 50.2. The molecule has 0 rings (SSSR count). The molecular formula is C48H77NO7. The van der Waals surface area contributed by atoms with Gasteiger partial charge in [-0.2, -0.15) is 0 Å². The van der Waals surface area contributed by atoms with Crippen molar-refractivity contribution in [3.8, 4) is 0 Å². The van der Waals surface area contributed by atoms with Crippen molar-refractivity contribution < 1.29 is 38.2 Å². The third-order valence-electron chi connectivity index (χ3n) is 8.70. The molecule has 0 radical (unpaired) electrons. The Morgan fingerprint density at radius 3 is 1.46 bits per heavy atom. The minimum atomic E-state index is -1.14. The van der Waals surface area contributed by atoms with Crippen LogP contribution in [0.25, 0.3) is 0 Å². The smallest absolute Gasteiger partial charge is 0.306 e. The number of nitrogens with zero attached hydrogens (tertiary/aromatic N) is 1. The number of ether oxygens (including phenoxy) is 3. The fourth-order valence-electron chi connectivity index (χ4n) is 5.40. The van der Waals surface area contributed by atoms with Gasteiger partial charge in [0.1, 0.15) is 12.6 Å². The summed E-state index contributed by atoms with van der Waals surface area (Å²) in [6, 6.07) is -0.746. The van der Waals surface area contributed by atoms with Crippen molar-refractivity contribution in [3.63, 3.8) is 0 Å². The van der Waals surface area contributed by atoms with E-state index in [1.165, 1.54) is 25.7 Å². The van der Waals surface area contributed by atoms with Gasteiger partial charge in [0.15, 0.2) is 6.10 Å². The Morgan fingerprint density at radius 2 is 1.00 bits per heavy atom. The van der Waals surface area contributed by atoms with E-state index < -0.39 is 18.1 Å². The van der Waals surface area contributed by atoms with Crippen LogP contribution in [0.1, 0.15) is 136 Å². The Balaban J connectivity index is 4.50. The van der Waals surface area contributed by atoms with Crippen molar-refractivity contribution in [1.29, 1.82) is 0 Å². The summed E-state index contributed by atoms with van der Waals surface area (Å²) in [5.41, 5.74) is 0. The number of carbonyl (C=O) groups is 3. The van der Waals surface area contributed by atoms with Gasteiger partial charge in [0.2, 0.25) is 0 Å². The molecule has 0 aliphatic rings. The molecule has 0 aliphatic carbocycles. The van der Waals surface area contributed by atoms with Crippen LogP contribution in [0.4, 0.5) is 0 Å². The average molecular weight is 780 g/mol. The molecule has 0 heterocycles. The SMILES string of the molecule is CC/C=C/C/C=C/C/C=C/CCCC(=O)OCC(COCCC(C(=O)[O-])[N+](C)(C)C)OC(=O)CCCC/C=C/C/C=C/C/C=C/C/C=C/C/C=C/CCCCC. The van der Waals surface area contributed by atoms with E-state index in [4.69, 9.17) is 14.2 Å². The zero-order chi connectivity index (χ0) is 41.4. The molecule has 0 N–H and O–H groups in total. The minimum Gasteiger partial charge on any atom is -0.544 e. The largest absolute Gasteiger partial charge is 0.544 e. The van der Waals surface area contributed by atoms with E-state index >= 15 is 0 Å². The lowest BCUT2D eigenvalue weighted by molar-refractivity contribution is -0.889. The molecule has 56 heavy (non-hydrogen) atoms. The topological polar surface area (TPSA) is 102 Å². The summed E-state index contributed by atoms with van der Waals surface area (Å²) >= 11 is 0. The summed E-state index contributed by atoms with van der Waals surface area (Å²) in [5, 5.41) is 11.6. The number of carboxylic acid groups (broad SMARTS) is 1. The number of carbonyl (C=O) groups excluding carboxylic acids is 3. The van der Waals surface area contributed by atoms with E-state index in [2.05, 4.69) is 111 Å². The Labute approximate surface area is 341 Å². The number of quaternary nitrogens is 1. The van der Waals surface area contributed by atoms with Crippen LogP contribution >= 0.6 is 0 Å². The number of allylic oxidation sites excluding steroid dienone is 16. The maximum Gasteiger partial charge on any atom is 0.306 e. The number of likely N-dealkylation sites (N-methyl/N-ethyl adjacent to an activating group) is 1. The zero-order valence-corrected chi connectivity index (χ0v) is 35.8. The van der Waals surface area contributed by atoms with Crippen molar-refractivity contribution in [3.05, 3.63) is 97.2 Å². The molecule has 0 bridgehead atoms. The third-order valence-corrected chi connectivity index (χ3v) is 8.70. The lowest BCUT2D eigenvalue weighted by Crippen LogP contribution is -2.55. The number of hydrogen-bond donors (Lipinski definition) is 0. The van der Waals surface area contributed by atoms with Gasteiger partial charge in [0, 0.05) is 19.3 Å². The van der Waals surface area contributed by atoms with E-state index in [9.17, 15) is 19.5 Å². The van der Waals surface area contributed by atoms with E-state index in [1.54, 1.807) is 21.1 Å². The third kappa shape index (κ3) is 35.9. The van der Waals surface area contributed by atoms with E-state index in [1.807, 2.05) is 0 Å². The number of rotatable bonds is 36. The van der Waals surface area contributed by atoms with Crippen LogP contribution in [0.5, 0.6) is 0 Å². The van der Waals surface area contributed by atoms with Crippen LogP contribution in [0, 0.1) is 0 Å². The number of hydrogen-bond acceptors (Lipinski definition) is 7. The highest BCUT2D eigenvalue weighted by atomic mass is 16.6. The quantitative estimate of drug-likeness (QED) is 0.0270. The van der Waals surface area contributed by atoms with Crippen molar-refractivity contribution >= 4 is 17.9 Å². The van der Waals surface area contributed by atoms with Gasteiger partial charge in [-0.15, -0.1) is 0 Å². The second-order valence-electron chi connectivity index (χ2n) is 14.8. The van der Waals surface area contributed by atoms with Gasteiger partial charge < -0.3 is 28.6 Å². The van der Waals surface area contributed by atoms with Gasteiger partial charge in [-0.25, -0.2) is 0 Å². The average Bonchev–Trinajstić information content (AvgIpc) is 3.15. The molecule has 8 nitrogen and oxygen atoms in total. The molecule has 2 atom stereocenters. The fourth-order valence-corrected chi connectivity index (χ4v) is 5.40. The number of esters is 2. The molecule has 0 saturated heterocycles. The first-order valence-corrected chi connectivity index (χ1v) is 21.3. The van der Waals surface area contributed by atoms with Crippen LogP contribution in [0.3, 0.4) is 0 Å². The molecule has 2 unspecified atom stereocenters. The lowest BCUT2D eigenvalue weighted by Gasteiger charge is -2.34. The van der Waals surface area contributed by atoms with E-state index in [0.717, 1.165) is 64.2 Å². The molecule has 0 amide bonds. The minimum absolute atomic E-state index is 0.000636. The number of unbranched alkanes of at least 4 members (excludes halogenated alkanes) is 6. The molecule has 0 aliphatic heterocycles. The Kier molecular flexibility index (Phi) is 35.6. The maximum atomic E-state index is 12.7. The van der Waals surface area contributed by atoms with Crippen LogP contribution in [-0.4, -0.2) is 75.5 Å². The molecule has 0 aromatic rings. The van der Waals surface area contributed by atoms with Gasteiger partial charge in [-0.1, -0.05) is 124 Å². The van der Waals surface area contributed by atoms with Crippen LogP contribution in [0.15, 0.2) is 97.2 Å². The van der Waals surface area contributed by atoms with Gasteiger partial charge in [-0.05, 0) is 89.9 Å². The summed E-state index contributed by atoms with van der Waals surface area (Å²) in [7, 11) is 5.36. The summed E-state index contributed by atoms with van der Waals surface area (Å²) in [6.45, 7) is 4.38. The fraction of sp³-hybridized carbons (Fsp3) is 0.604. The molecule has 8 heteroatoms. The standard InChI is InChI=1S/C48H77NO7/c1-6-8-10-12-14-16-18-19-20-21-22-23-24-25-26-27-29-31-33-35-37-39-47(51)56-44(42-54-41-40-45(48(52)53)49(3,4)5)43-55-46(50)38-36-34-32-30-28-17-15-13-11-9-7-2/h9,11,14-17,19-20,22-23,25-26,29-32,44-45H,6-8,10,12-13,18,21,24,27-28,33-43H2,1-5H3/b11-9+,16-14+,17-15+,20-19+,23-22+,26-25+,31-29+,32-30+. The Hall–Kier alpha value is -3.75. The molecule has 0 aromatic heterocycles. The summed E-state index contributed by atoms with van der Waals surface area (Å²) in [4.78, 5) is 36.7. The van der Waals surface area contributed by atoms with Crippen LogP contribution < -0.4 is 5.11 Å². The first-order chi connectivity index (χ1) is 27.1. The van der Waals surface area contributed by atoms with Gasteiger partial charge in [0.05, 0.1) is 40.3 Å². The van der Waals surface area contributed by atoms with E-state index in [-0.39, 0.29) is 55.5 Å². The first-order valence-electron chi connectivity index (χ1n) is 21.3. The molecular weight excluding hydrogens is 703 g/mol. The van der Waals surface area contributed by atoms with E-state index in [0.29, 0.717) is 12.8 Å². The summed E-state index contributed by atoms with van der Waals surface area (Å²) in [5.74, 6) is -1.88. The van der Waals surface area contributed by atoms with Gasteiger partial charge in [0.25, 0.3) is 0 Å². The van der Waals surface area contributed by atoms with Crippen molar-refractivity contribution in [2.45, 2.75) is 148 Å². The molecule has 0 spiro atoms. The second-order valence-corrected chi connectivity index (χ2v) is 14.8. The summed E-state index contributed by atoms with van der Waals surface area (Å²) < 4.78 is 17.0. The highest BCUT2D eigenvalue weighted by molar-refractivity contribution is 5.70. The van der Waals surface area contributed by atoms with Crippen LogP contribution in [0.2, 0.25) is 0 Å². The van der Waals surface area contributed by atoms with Crippen molar-refractivity contribution in [2.75, 3.05) is 41.0 Å². The lowest BCUT2D eigenvalue weighted by atomic mass is 10.1. The second kappa shape index (κ2) is 38.1. The molecule has 316 valence electrons. The van der Waals surface area contributed by atoms with Crippen LogP contribution in [-0.2, 0) is 28.6 Å². The number of carboxylic acids is 1. The van der Waals surface area contributed by atoms with Gasteiger partial charge in [-0.3, -0.25) is 9.59 Å². The Bertz CT molecular complexity index is 1230. The molecule has 0 fully saturated rings. The highest BCUT2D eigenvalue weighted by Crippen LogP contribution is 2.10. The predicted octanol–water partition coefficient (Wildman–Crippen LogP) is 10.2. The first kappa shape index (κ1) is 52.2. The zero-order valence-electron chi connectivity index (χ0n) is 35.8. The van der Waals surface area contributed by atoms with Crippen molar-refractivity contribution in [2.24, 2.45) is 0 Å². The highest BCUT2D eigenvalue weighted by Gasteiger charge is 2.25. The molecule has 0 aromatic carbocycles.